The number of hydrogen-bond donors (Lipinski definition) is 1. The van der Waals surface area contributed by atoms with Crippen LogP contribution in [-0.4, -0.2) is 82.3 Å². The molecule has 6 aromatic rings. The topological polar surface area (TPSA) is 123 Å². The van der Waals surface area contributed by atoms with Gasteiger partial charge in [0.2, 0.25) is 11.9 Å². The second-order valence-electron chi connectivity index (χ2n) is 11.7. The number of anilines is 2. The van der Waals surface area contributed by atoms with Gasteiger partial charge in [0.25, 0.3) is 0 Å². The number of para-hydroxylation sites is 1. The zero-order chi connectivity index (χ0) is 30.7. The summed E-state index contributed by atoms with van der Waals surface area (Å²) in [6.07, 6.45) is 8.10. The molecule has 0 saturated carbocycles. The normalized spacial score (nSPS) is 18.7. The van der Waals surface area contributed by atoms with Crippen molar-refractivity contribution in [3.8, 4) is 16.9 Å². The van der Waals surface area contributed by atoms with E-state index in [1.165, 1.54) is 18.5 Å². The molecule has 13 heteroatoms. The summed E-state index contributed by atoms with van der Waals surface area (Å²) in [5.74, 6) is 0.803. The molecule has 1 N–H and O–H groups in total. The molecule has 0 radical (unpaired) electrons. The highest BCUT2D eigenvalue weighted by molar-refractivity contribution is 5.93. The van der Waals surface area contributed by atoms with E-state index in [2.05, 4.69) is 41.0 Å². The van der Waals surface area contributed by atoms with Crippen molar-refractivity contribution in [2.24, 2.45) is 0 Å². The number of rotatable bonds is 2. The number of aromatic nitrogens is 8. The highest BCUT2D eigenvalue weighted by atomic mass is 19.1. The van der Waals surface area contributed by atoms with Crippen LogP contribution in [0.5, 0.6) is 0 Å². The molecule has 1 fully saturated rings. The standard InChI is InChI=1S/C32H30FN11O/c1-19-13-20(33)7-8-26(19)44-30-23(15-38-44)29(35-17-36-30)43-16-21-14-27(43)31(45)41(2)11-4-12-42-18-37-25-6-3-5-22(28(25)42)24-9-10-34-32(39-21)40-24/h3,5-10,13,15,17-18,21,27H,4,11-12,14,16H2,1-2H3,(H,34,39,40)/t21-,27-/m0/s1. The average molecular weight is 604 g/mol. The maximum absolute atomic E-state index is 14.1. The number of halogens is 1. The summed E-state index contributed by atoms with van der Waals surface area (Å²) in [6, 6.07) is 11.9. The Balaban J connectivity index is 1.19. The second-order valence-corrected chi connectivity index (χ2v) is 11.7. The third-order valence-corrected chi connectivity index (χ3v) is 8.76. The molecule has 4 aromatic heterocycles. The third-order valence-electron chi connectivity index (χ3n) is 8.76. The van der Waals surface area contributed by atoms with Gasteiger partial charge in [-0.05, 0) is 55.7 Å². The van der Waals surface area contributed by atoms with Crippen LogP contribution in [0.15, 0.2) is 67.5 Å². The summed E-state index contributed by atoms with van der Waals surface area (Å²) in [4.78, 5) is 41.2. The van der Waals surface area contributed by atoms with Crippen molar-refractivity contribution in [1.29, 1.82) is 0 Å². The van der Waals surface area contributed by atoms with Crippen LogP contribution in [-0.2, 0) is 11.3 Å². The smallest absolute Gasteiger partial charge is 0.245 e. The van der Waals surface area contributed by atoms with E-state index in [-0.39, 0.29) is 17.8 Å². The fourth-order valence-electron chi connectivity index (χ4n) is 6.61. The van der Waals surface area contributed by atoms with E-state index in [0.29, 0.717) is 48.9 Å². The van der Waals surface area contributed by atoms with Crippen LogP contribution in [0.2, 0.25) is 0 Å². The molecule has 2 aromatic carbocycles. The summed E-state index contributed by atoms with van der Waals surface area (Å²) >= 11 is 0. The van der Waals surface area contributed by atoms with Crippen molar-refractivity contribution in [2.75, 3.05) is 30.4 Å². The Kier molecular flexibility index (Phi) is 6.39. The first kappa shape index (κ1) is 27.1. The van der Waals surface area contributed by atoms with Crippen molar-refractivity contribution in [3.05, 3.63) is 78.9 Å². The number of nitrogens with one attached hydrogen (secondary N) is 1. The number of amides is 1. The van der Waals surface area contributed by atoms with E-state index < -0.39 is 6.04 Å². The van der Waals surface area contributed by atoms with Crippen LogP contribution in [0, 0.1) is 12.7 Å². The fraction of sp³-hybridized carbons (Fsp3) is 0.281. The van der Waals surface area contributed by atoms with Crippen LogP contribution in [0.1, 0.15) is 18.4 Å². The summed E-state index contributed by atoms with van der Waals surface area (Å²) in [6.45, 7) is 3.61. The molecule has 2 atom stereocenters. The fourth-order valence-corrected chi connectivity index (χ4v) is 6.61. The Morgan fingerprint density at radius 1 is 1.04 bits per heavy atom. The molecule has 0 unspecified atom stereocenters. The molecule has 2 aliphatic rings. The minimum absolute atomic E-state index is 0.00792. The quantitative estimate of drug-likeness (QED) is 0.313. The minimum Gasteiger partial charge on any atom is -0.350 e. The number of likely N-dealkylation sites (N-methyl/N-ethyl adjacent to an activating group) is 1. The highest BCUT2D eigenvalue weighted by Gasteiger charge is 2.40. The molecule has 0 aliphatic carbocycles. The first-order valence-electron chi connectivity index (χ1n) is 15.0. The molecule has 12 nitrogen and oxygen atoms in total. The lowest BCUT2D eigenvalue weighted by Gasteiger charge is -2.29. The molecular formula is C32H30FN11O. The van der Waals surface area contributed by atoms with Crippen molar-refractivity contribution < 1.29 is 9.18 Å². The number of carbonyl (C=O) groups excluding carboxylic acids is 1. The molecule has 45 heavy (non-hydrogen) atoms. The van der Waals surface area contributed by atoms with Gasteiger partial charge in [-0.25, -0.2) is 34.0 Å². The predicted octanol–water partition coefficient (Wildman–Crippen LogP) is 3.99. The zero-order valence-corrected chi connectivity index (χ0v) is 24.8. The number of nitrogens with zero attached hydrogens (tertiary/aromatic N) is 10. The van der Waals surface area contributed by atoms with Gasteiger partial charge in [0.05, 0.1) is 40.3 Å². The average Bonchev–Trinajstić information content (AvgIpc) is 3.78. The van der Waals surface area contributed by atoms with Gasteiger partial charge in [0.15, 0.2) is 5.65 Å². The molecule has 0 spiro atoms. The van der Waals surface area contributed by atoms with E-state index in [4.69, 9.17) is 4.98 Å². The van der Waals surface area contributed by atoms with Gasteiger partial charge in [0.1, 0.15) is 24.0 Å². The maximum atomic E-state index is 14.1. The molecule has 6 heterocycles. The van der Waals surface area contributed by atoms with Gasteiger partial charge in [-0.3, -0.25) is 4.79 Å². The molecule has 1 amide bonds. The van der Waals surface area contributed by atoms with E-state index in [1.54, 1.807) is 28.0 Å². The summed E-state index contributed by atoms with van der Waals surface area (Å²) < 4.78 is 17.7. The number of carbonyl (C=O) groups is 1. The van der Waals surface area contributed by atoms with Gasteiger partial charge in [0, 0.05) is 44.5 Å². The predicted molar refractivity (Wildman–Crippen MR) is 168 cm³/mol. The van der Waals surface area contributed by atoms with E-state index in [9.17, 15) is 9.18 Å². The minimum atomic E-state index is -0.480. The van der Waals surface area contributed by atoms with Crippen LogP contribution in [0.25, 0.3) is 39.0 Å². The first-order valence-corrected chi connectivity index (χ1v) is 15.0. The van der Waals surface area contributed by atoms with Crippen molar-refractivity contribution >= 4 is 39.7 Å². The van der Waals surface area contributed by atoms with E-state index >= 15 is 0 Å². The van der Waals surface area contributed by atoms with Gasteiger partial charge < -0.3 is 19.7 Å². The number of aryl methyl sites for hydroxylation is 2. The zero-order valence-electron chi connectivity index (χ0n) is 24.8. The van der Waals surface area contributed by atoms with Crippen LogP contribution < -0.4 is 10.2 Å². The first-order chi connectivity index (χ1) is 21.9. The summed E-state index contributed by atoms with van der Waals surface area (Å²) in [5.41, 5.74) is 5.73. The highest BCUT2D eigenvalue weighted by Crippen LogP contribution is 2.33. The van der Waals surface area contributed by atoms with Crippen LogP contribution >= 0.6 is 0 Å². The number of imidazole rings is 1. The largest absolute Gasteiger partial charge is 0.350 e. The van der Waals surface area contributed by atoms with Gasteiger partial charge in [-0.1, -0.05) is 12.1 Å². The van der Waals surface area contributed by atoms with Gasteiger partial charge in [-0.2, -0.15) is 5.10 Å². The second kappa shape index (κ2) is 10.6. The molecule has 8 rings (SSSR count). The number of hydrogen-bond acceptors (Lipinski definition) is 9. The van der Waals surface area contributed by atoms with Crippen molar-refractivity contribution in [2.45, 2.75) is 38.4 Å². The molecule has 226 valence electrons. The molecule has 1 saturated heterocycles. The Morgan fingerprint density at radius 2 is 1.96 bits per heavy atom. The lowest BCUT2D eigenvalue weighted by Crippen LogP contribution is -2.45. The number of benzene rings is 2. The Bertz CT molecular complexity index is 2090. The van der Waals surface area contributed by atoms with E-state index in [0.717, 1.165) is 40.0 Å². The molecular weight excluding hydrogens is 573 g/mol. The SMILES string of the molecule is Cc1cc(F)ccc1-n1ncc2c(N3C[C@@H]4C[C@H]3C(=O)N(C)CCCn3cnc5cccc(c53)-c3ccnc(n3)N4)ncnc21. The Hall–Kier alpha value is -5.46. The maximum Gasteiger partial charge on any atom is 0.245 e. The van der Waals surface area contributed by atoms with Crippen molar-refractivity contribution in [3.63, 3.8) is 0 Å². The number of fused-ring (bicyclic) bond motifs is 6. The van der Waals surface area contributed by atoms with E-state index in [1.807, 2.05) is 43.4 Å². The Labute approximate surface area is 257 Å². The van der Waals surface area contributed by atoms with Crippen LogP contribution in [0.4, 0.5) is 16.2 Å². The lowest BCUT2D eigenvalue weighted by atomic mass is 10.1. The Morgan fingerprint density at radius 3 is 2.84 bits per heavy atom. The summed E-state index contributed by atoms with van der Waals surface area (Å²) in [7, 11) is 1.86. The monoisotopic (exact) mass is 603 g/mol. The lowest BCUT2D eigenvalue weighted by molar-refractivity contribution is -0.131. The van der Waals surface area contributed by atoms with Crippen molar-refractivity contribution in [1.82, 2.24) is 44.2 Å². The van der Waals surface area contributed by atoms with Crippen LogP contribution in [0.3, 0.4) is 0 Å². The molecule has 4 bridgehead atoms. The molecule has 2 aliphatic heterocycles. The summed E-state index contributed by atoms with van der Waals surface area (Å²) in [5, 5.41) is 8.81. The third kappa shape index (κ3) is 4.62. The van der Waals surface area contributed by atoms with Gasteiger partial charge in [-0.15, -0.1) is 0 Å². The van der Waals surface area contributed by atoms with Gasteiger partial charge >= 0.3 is 0 Å².